The van der Waals surface area contributed by atoms with Gasteiger partial charge in [-0.15, -0.1) is 11.8 Å². The minimum Gasteiger partial charge on any atom is -0.397 e. The van der Waals surface area contributed by atoms with Crippen LogP contribution in [0.3, 0.4) is 0 Å². The molecule has 1 aromatic rings. The van der Waals surface area contributed by atoms with Gasteiger partial charge in [-0.3, -0.25) is 4.79 Å². The molecule has 112 valence electrons. The minimum absolute atomic E-state index is 0.0606. The Hall–Kier alpha value is -1.16. The molecule has 0 aliphatic carbocycles. The Bertz CT molecular complexity index is 421. The molecule has 0 radical (unpaired) electrons. The smallest absolute Gasteiger partial charge is 0.224 e. The molecule has 4 heteroatoms. The molecule has 1 aromatic carbocycles. The van der Waals surface area contributed by atoms with Gasteiger partial charge in [0.05, 0.1) is 11.4 Å². The van der Waals surface area contributed by atoms with Crippen LogP contribution in [0.5, 0.6) is 0 Å². The zero-order valence-corrected chi connectivity index (χ0v) is 13.4. The van der Waals surface area contributed by atoms with Crippen LogP contribution in [0, 0.1) is 0 Å². The molecule has 0 aromatic heterocycles. The van der Waals surface area contributed by atoms with Gasteiger partial charge >= 0.3 is 0 Å². The summed E-state index contributed by atoms with van der Waals surface area (Å²) in [7, 11) is 0. The fourth-order valence-corrected chi connectivity index (χ4v) is 2.68. The first-order valence-electron chi connectivity index (χ1n) is 7.49. The van der Waals surface area contributed by atoms with E-state index in [1.807, 2.05) is 18.2 Å². The van der Waals surface area contributed by atoms with Crippen LogP contribution < -0.4 is 11.1 Å². The Labute approximate surface area is 126 Å². The van der Waals surface area contributed by atoms with Gasteiger partial charge < -0.3 is 11.1 Å². The predicted molar refractivity (Wildman–Crippen MR) is 89.3 cm³/mol. The van der Waals surface area contributed by atoms with Crippen LogP contribution in [0.15, 0.2) is 23.1 Å². The van der Waals surface area contributed by atoms with E-state index in [-0.39, 0.29) is 5.91 Å². The van der Waals surface area contributed by atoms with Gasteiger partial charge in [0.2, 0.25) is 5.91 Å². The Morgan fingerprint density at radius 3 is 2.70 bits per heavy atom. The van der Waals surface area contributed by atoms with Gasteiger partial charge in [-0.1, -0.05) is 33.1 Å². The van der Waals surface area contributed by atoms with E-state index in [0.717, 1.165) is 35.6 Å². The van der Waals surface area contributed by atoms with Crippen molar-refractivity contribution >= 4 is 29.0 Å². The maximum absolute atomic E-state index is 11.9. The molecule has 0 heterocycles. The van der Waals surface area contributed by atoms with Gasteiger partial charge in [-0.2, -0.15) is 0 Å². The highest BCUT2D eigenvalue weighted by atomic mass is 32.2. The second-order valence-corrected chi connectivity index (χ2v) is 6.12. The molecule has 0 unspecified atom stereocenters. The predicted octanol–water partition coefficient (Wildman–Crippen LogP) is 4.68. The summed E-state index contributed by atoms with van der Waals surface area (Å²) in [5.41, 5.74) is 7.29. The minimum atomic E-state index is 0.0606. The van der Waals surface area contributed by atoms with Gasteiger partial charge in [0.1, 0.15) is 0 Å². The van der Waals surface area contributed by atoms with E-state index in [2.05, 4.69) is 19.2 Å². The van der Waals surface area contributed by atoms with E-state index in [1.165, 1.54) is 12.8 Å². The molecule has 0 bridgehead atoms. The zero-order valence-electron chi connectivity index (χ0n) is 12.6. The van der Waals surface area contributed by atoms with E-state index in [4.69, 9.17) is 5.73 Å². The van der Waals surface area contributed by atoms with Crippen LogP contribution in [0.2, 0.25) is 0 Å². The highest BCUT2D eigenvalue weighted by Gasteiger charge is 2.06. The largest absolute Gasteiger partial charge is 0.397 e. The first-order chi connectivity index (χ1) is 9.67. The number of amides is 1. The maximum atomic E-state index is 11.9. The van der Waals surface area contributed by atoms with E-state index in [0.29, 0.717) is 12.1 Å². The van der Waals surface area contributed by atoms with Crippen LogP contribution in [0.1, 0.15) is 52.4 Å². The third kappa shape index (κ3) is 6.33. The summed E-state index contributed by atoms with van der Waals surface area (Å²) < 4.78 is 0. The lowest BCUT2D eigenvalue weighted by Crippen LogP contribution is -2.12. The lowest BCUT2D eigenvalue weighted by atomic mass is 10.1. The van der Waals surface area contributed by atoms with Gasteiger partial charge in [-0.05, 0) is 36.8 Å². The van der Waals surface area contributed by atoms with Gasteiger partial charge in [0.15, 0.2) is 0 Å². The summed E-state index contributed by atoms with van der Waals surface area (Å²) in [5, 5.41) is 2.93. The Balaban J connectivity index is 2.50. The molecule has 0 atom stereocenters. The summed E-state index contributed by atoms with van der Waals surface area (Å²) in [6.07, 6.45) is 6.15. The number of unbranched alkanes of at least 4 members (excludes halogenated alkanes) is 3. The Morgan fingerprint density at radius 2 is 2.00 bits per heavy atom. The Morgan fingerprint density at radius 1 is 1.20 bits per heavy atom. The molecule has 0 saturated heterocycles. The molecule has 0 spiro atoms. The van der Waals surface area contributed by atoms with Crippen LogP contribution >= 0.6 is 11.8 Å². The van der Waals surface area contributed by atoms with E-state index >= 15 is 0 Å². The average molecular weight is 294 g/mol. The number of rotatable bonds is 9. The van der Waals surface area contributed by atoms with Crippen molar-refractivity contribution in [2.75, 3.05) is 16.8 Å². The molecular weight excluding hydrogens is 268 g/mol. The first kappa shape index (κ1) is 16.9. The molecule has 1 amide bonds. The maximum Gasteiger partial charge on any atom is 0.224 e. The molecule has 1 rings (SSSR count). The van der Waals surface area contributed by atoms with E-state index in [1.54, 1.807) is 11.8 Å². The Kier molecular flexibility index (Phi) is 8.19. The van der Waals surface area contributed by atoms with Crippen molar-refractivity contribution in [3.8, 4) is 0 Å². The molecule has 3 nitrogen and oxygen atoms in total. The fraction of sp³-hybridized carbons (Fsp3) is 0.562. The molecule has 0 aliphatic rings. The molecular formula is C16H26N2OS. The van der Waals surface area contributed by atoms with E-state index < -0.39 is 0 Å². The van der Waals surface area contributed by atoms with Crippen LogP contribution in [-0.2, 0) is 4.79 Å². The lowest BCUT2D eigenvalue weighted by Gasteiger charge is -2.10. The number of carbonyl (C=O) groups excluding carboxylic acids is 1. The zero-order chi connectivity index (χ0) is 14.8. The quantitative estimate of drug-likeness (QED) is 0.395. The summed E-state index contributed by atoms with van der Waals surface area (Å²) in [6, 6.07) is 5.84. The molecule has 20 heavy (non-hydrogen) atoms. The molecule has 0 saturated carbocycles. The number of benzene rings is 1. The lowest BCUT2D eigenvalue weighted by molar-refractivity contribution is -0.116. The van der Waals surface area contributed by atoms with Crippen molar-refractivity contribution in [2.45, 2.75) is 57.3 Å². The molecule has 3 N–H and O–H groups in total. The monoisotopic (exact) mass is 294 g/mol. The second kappa shape index (κ2) is 9.70. The van der Waals surface area contributed by atoms with Crippen molar-refractivity contribution in [3.05, 3.63) is 18.2 Å². The summed E-state index contributed by atoms with van der Waals surface area (Å²) in [6.45, 7) is 4.32. The van der Waals surface area contributed by atoms with Gasteiger partial charge in [0.25, 0.3) is 0 Å². The summed E-state index contributed by atoms with van der Waals surface area (Å²) in [5.74, 6) is 1.14. The van der Waals surface area contributed by atoms with Crippen LogP contribution in [0.25, 0.3) is 0 Å². The highest BCUT2D eigenvalue weighted by molar-refractivity contribution is 7.99. The standard InChI is InChI=1S/C16H26N2OS/c1-3-5-6-7-8-16(19)18-15-12-13(20-11-4-2)9-10-14(15)17/h9-10,12H,3-8,11,17H2,1-2H3,(H,18,19). The normalized spacial score (nSPS) is 10.5. The fourth-order valence-electron chi connectivity index (χ4n) is 1.88. The summed E-state index contributed by atoms with van der Waals surface area (Å²) in [4.78, 5) is 13.0. The number of hydrogen-bond donors (Lipinski definition) is 2. The molecule has 0 fully saturated rings. The number of nitrogen functional groups attached to an aromatic ring is 1. The van der Waals surface area contributed by atoms with Crippen molar-refractivity contribution in [2.24, 2.45) is 0 Å². The molecule has 0 aliphatic heterocycles. The topological polar surface area (TPSA) is 55.1 Å². The second-order valence-electron chi connectivity index (χ2n) is 4.96. The highest BCUT2D eigenvalue weighted by Crippen LogP contribution is 2.27. The third-order valence-electron chi connectivity index (χ3n) is 3.03. The number of thioether (sulfide) groups is 1. The van der Waals surface area contributed by atoms with Crippen LogP contribution in [-0.4, -0.2) is 11.7 Å². The van der Waals surface area contributed by atoms with E-state index in [9.17, 15) is 4.79 Å². The number of anilines is 2. The van der Waals surface area contributed by atoms with Crippen molar-refractivity contribution in [1.29, 1.82) is 0 Å². The van der Waals surface area contributed by atoms with Crippen LogP contribution in [0.4, 0.5) is 11.4 Å². The van der Waals surface area contributed by atoms with Crippen molar-refractivity contribution < 1.29 is 4.79 Å². The average Bonchev–Trinajstić information content (AvgIpc) is 2.44. The van der Waals surface area contributed by atoms with Crippen molar-refractivity contribution in [3.63, 3.8) is 0 Å². The first-order valence-corrected chi connectivity index (χ1v) is 8.48. The van der Waals surface area contributed by atoms with Gasteiger partial charge in [0, 0.05) is 11.3 Å². The number of hydrogen-bond acceptors (Lipinski definition) is 3. The van der Waals surface area contributed by atoms with Crippen molar-refractivity contribution in [1.82, 2.24) is 0 Å². The van der Waals surface area contributed by atoms with Gasteiger partial charge in [-0.25, -0.2) is 0 Å². The summed E-state index contributed by atoms with van der Waals surface area (Å²) >= 11 is 1.79. The SMILES string of the molecule is CCCCCCC(=O)Nc1cc(SCCC)ccc1N. The number of nitrogens with one attached hydrogen (secondary N) is 1. The number of carbonyl (C=O) groups is 1. The third-order valence-corrected chi connectivity index (χ3v) is 4.23. The number of nitrogens with two attached hydrogens (primary N) is 1.